The highest BCUT2D eigenvalue weighted by Crippen LogP contribution is 2.30. The monoisotopic (exact) mass is 313 g/mol. The number of sulfonamides is 1. The molecule has 2 rings (SSSR count). The van der Waals surface area contributed by atoms with E-state index in [1.165, 1.54) is 0 Å². The van der Waals surface area contributed by atoms with Crippen LogP contribution in [0.25, 0.3) is 0 Å². The quantitative estimate of drug-likeness (QED) is 0.577. The number of nitrogens with one attached hydrogen (secondary N) is 2. The summed E-state index contributed by atoms with van der Waals surface area (Å²) in [5, 5.41) is 0. The first-order valence-corrected chi connectivity index (χ1v) is 8.41. The Labute approximate surface area is 126 Å². The molecule has 1 aliphatic rings. The normalized spacial score (nSPS) is 26.0. The van der Waals surface area contributed by atoms with Gasteiger partial charge in [0, 0.05) is 12.3 Å². The number of hydrogen-bond acceptors (Lipinski definition) is 5. The Balaban J connectivity index is 2.41. The van der Waals surface area contributed by atoms with Gasteiger partial charge in [-0.2, -0.15) is 0 Å². The fourth-order valence-corrected chi connectivity index (χ4v) is 4.73. The van der Waals surface area contributed by atoms with E-state index in [1.807, 2.05) is 13.8 Å². The molecule has 0 aliphatic carbocycles. The lowest BCUT2D eigenvalue weighted by atomic mass is 9.97. The number of hydrazine groups is 1. The molecule has 1 heterocycles. The molecule has 6 nitrogen and oxygen atoms in total. The number of nitrogens with two attached hydrogens (primary N) is 1. The lowest BCUT2D eigenvalue weighted by Gasteiger charge is -2.29. The van der Waals surface area contributed by atoms with Crippen LogP contribution in [0.15, 0.2) is 17.0 Å². The van der Waals surface area contributed by atoms with Gasteiger partial charge in [-0.15, -0.1) is 0 Å². The van der Waals surface area contributed by atoms with Gasteiger partial charge in [0.2, 0.25) is 10.0 Å². The topological polar surface area (TPSA) is 93.5 Å². The van der Waals surface area contributed by atoms with Crippen LogP contribution >= 0.6 is 0 Å². The lowest BCUT2D eigenvalue weighted by molar-refractivity contribution is 0.0957. The Hall–Kier alpha value is -1.15. The molecule has 118 valence electrons. The van der Waals surface area contributed by atoms with E-state index in [1.54, 1.807) is 26.0 Å². The molecule has 2 atom stereocenters. The molecule has 0 radical (unpaired) electrons. The molecular formula is C14H23N3O3S. The van der Waals surface area contributed by atoms with Crippen LogP contribution in [0.4, 0.5) is 5.69 Å². The second-order valence-electron chi connectivity index (χ2n) is 5.87. The van der Waals surface area contributed by atoms with Crippen LogP contribution in [0.3, 0.4) is 0 Å². The standard InChI is InChI=1S/C14H23N3O3S/c1-9-7-12(16-15)8-10(2)13(9)21(18,19)17-14(4)5-6-20-11(14)3/h7-8,11,16-17H,5-6,15H2,1-4H3. The largest absolute Gasteiger partial charge is 0.376 e. The fourth-order valence-electron chi connectivity index (χ4n) is 2.78. The molecule has 2 unspecified atom stereocenters. The number of rotatable bonds is 4. The van der Waals surface area contributed by atoms with Gasteiger partial charge in [0.25, 0.3) is 0 Å². The Morgan fingerprint density at radius 3 is 2.33 bits per heavy atom. The number of anilines is 1. The lowest BCUT2D eigenvalue weighted by Crippen LogP contribution is -2.50. The van der Waals surface area contributed by atoms with Crippen molar-refractivity contribution >= 4 is 15.7 Å². The van der Waals surface area contributed by atoms with E-state index in [4.69, 9.17) is 10.6 Å². The van der Waals surface area contributed by atoms with Gasteiger partial charge >= 0.3 is 0 Å². The molecule has 1 aromatic carbocycles. The average Bonchev–Trinajstić information content (AvgIpc) is 2.66. The summed E-state index contributed by atoms with van der Waals surface area (Å²) in [6.07, 6.45) is 0.506. The van der Waals surface area contributed by atoms with Crippen molar-refractivity contribution in [3.63, 3.8) is 0 Å². The van der Waals surface area contributed by atoms with E-state index in [0.717, 1.165) is 0 Å². The zero-order chi connectivity index (χ0) is 15.8. The third kappa shape index (κ3) is 3.06. The highest BCUT2D eigenvalue weighted by atomic mass is 32.2. The van der Waals surface area contributed by atoms with Crippen molar-refractivity contribution < 1.29 is 13.2 Å². The molecule has 0 bridgehead atoms. The van der Waals surface area contributed by atoms with Gasteiger partial charge in [0.1, 0.15) is 0 Å². The van der Waals surface area contributed by atoms with Crippen LogP contribution in [-0.4, -0.2) is 26.7 Å². The van der Waals surface area contributed by atoms with Crippen molar-refractivity contribution in [2.75, 3.05) is 12.0 Å². The maximum Gasteiger partial charge on any atom is 0.241 e. The smallest absolute Gasteiger partial charge is 0.241 e. The third-order valence-corrected chi connectivity index (χ3v) is 6.07. The van der Waals surface area contributed by atoms with Gasteiger partial charge in [0.05, 0.1) is 16.5 Å². The highest BCUT2D eigenvalue weighted by Gasteiger charge is 2.41. The Bertz CT molecular complexity index is 622. The van der Waals surface area contributed by atoms with E-state index < -0.39 is 15.6 Å². The summed E-state index contributed by atoms with van der Waals surface area (Å²) in [5.41, 5.74) is 3.96. The zero-order valence-electron chi connectivity index (χ0n) is 12.9. The van der Waals surface area contributed by atoms with Crippen molar-refractivity contribution in [2.45, 2.75) is 50.7 Å². The summed E-state index contributed by atoms with van der Waals surface area (Å²) < 4.78 is 33.8. The minimum Gasteiger partial charge on any atom is -0.376 e. The molecule has 4 N–H and O–H groups in total. The Morgan fingerprint density at radius 1 is 1.33 bits per heavy atom. The maximum atomic E-state index is 12.8. The van der Waals surface area contributed by atoms with E-state index in [-0.39, 0.29) is 6.10 Å². The molecular weight excluding hydrogens is 290 g/mol. The highest BCUT2D eigenvalue weighted by molar-refractivity contribution is 7.89. The first kappa shape index (κ1) is 16.2. The average molecular weight is 313 g/mol. The van der Waals surface area contributed by atoms with Gasteiger partial charge in [0.15, 0.2) is 0 Å². The van der Waals surface area contributed by atoms with Gasteiger partial charge in [-0.05, 0) is 57.4 Å². The number of hydrogen-bond donors (Lipinski definition) is 3. The number of aryl methyl sites for hydroxylation is 2. The Kier molecular flexibility index (Phi) is 4.30. The third-order valence-electron chi connectivity index (χ3n) is 4.15. The molecule has 0 spiro atoms. The minimum atomic E-state index is -3.62. The first-order valence-electron chi connectivity index (χ1n) is 6.93. The van der Waals surface area contributed by atoms with E-state index >= 15 is 0 Å². The zero-order valence-corrected chi connectivity index (χ0v) is 13.7. The number of nitrogen functional groups attached to an aromatic ring is 1. The summed E-state index contributed by atoms with van der Waals surface area (Å²) in [6.45, 7) is 7.85. The second kappa shape index (κ2) is 5.57. The first-order chi connectivity index (χ1) is 9.69. The predicted molar refractivity (Wildman–Crippen MR) is 82.5 cm³/mol. The molecule has 0 aromatic heterocycles. The second-order valence-corrected chi connectivity index (χ2v) is 7.49. The van der Waals surface area contributed by atoms with Gasteiger partial charge in [-0.3, -0.25) is 5.84 Å². The van der Waals surface area contributed by atoms with Crippen LogP contribution < -0.4 is 16.0 Å². The maximum absolute atomic E-state index is 12.8. The summed E-state index contributed by atoms with van der Waals surface area (Å²) >= 11 is 0. The van der Waals surface area contributed by atoms with Crippen molar-refractivity contribution in [3.05, 3.63) is 23.3 Å². The van der Waals surface area contributed by atoms with Gasteiger partial charge in [-0.1, -0.05) is 0 Å². The number of ether oxygens (including phenoxy) is 1. The van der Waals surface area contributed by atoms with Crippen molar-refractivity contribution in [3.8, 4) is 0 Å². The summed E-state index contributed by atoms with van der Waals surface area (Å²) in [6, 6.07) is 3.44. The minimum absolute atomic E-state index is 0.155. The summed E-state index contributed by atoms with van der Waals surface area (Å²) in [4.78, 5) is 0.307. The molecule has 21 heavy (non-hydrogen) atoms. The van der Waals surface area contributed by atoms with Crippen molar-refractivity contribution in [1.82, 2.24) is 4.72 Å². The van der Waals surface area contributed by atoms with Crippen molar-refractivity contribution in [2.24, 2.45) is 5.84 Å². The molecule has 1 aliphatic heterocycles. The van der Waals surface area contributed by atoms with Crippen LogP contribution in [0.2, 0.25) is 0 Å². The van der Waals surface area contributed by atoms with E-state index in [0.29, 0.717) is 34.7 Å². The van der Waals surface area contributed by atoms with E-state index in [9.17, 15) is 8.42 Å². The predicted octanol–water partition coefficient (Wildman–Crippen LogP) is 1.43. The molecule has 0 saturated carbocycles. The summed E-state index contributed by atoms with van der Waals surface area (Å²) in [5.74, 6) is 5.39. The van der Waals surface area contributed by atoms with Gasteiger partial charge in [-0.25, -0.2) is 13.1 Å². The SMILES string of the molecule is Cc1cc(NN)cc(C)c1S(=O)(=O)NC1(C)CCOC1C. The molecule has 7 heteroatoms. The van der Waals surface area contributed by atoms with Crippen LogP contribution in [0, 0.1) is 13.8 Å². The molecule has 0 amide bonds. The van der Waals surface area contributed by atoms with Gasteiger partial charge < -0.3 is 10.2 Å². The van der Waals surface area contributed by atoms with Crippen molar-refractivity contribution in [1.29, 1.82) is 0 Å². The number of benzene rings is 1. The molecule has 1 aromatic rings. The fraction of sp³-hybridized carbons (Fsp3) is 0.571. The van der Waals surface area contributed by atoms with Crippen LogP contribution in [0.5, 0.6) is 0 Å². The van der Waals surface area contributed by atoms with Crippen LogP contribution in [-0.2, 0) is 14.8 Å². The Morgan fingerprint density at radius 2 is 1.90 bits per heavy atom. The summed E-state index contributed by atoms with van der Waals surface area (Å²) in [7, 11) is -3.62. The molecule has 1 saturated heterocycles. The van der Waals surface area contributed by atoms with E-state index in [2.05, 4.69) is 10.1 Å². The van der Waals surface area contributed by atoms with Crippen LogP contribution in [0.1, 0.15) is 31.4 Å². The molecule has 1 fully saturated rings.